The van der Waals surface area contributed by atoms with Crippen molar-refractivity contribution in [1.82, 2.24) is 30.1 Å². The Bertz CT molecular complexity index is 1060. The van der Waals surface area contributed by atoms with E-state index in [0.29, 0.717) is 45.8 Å². The summed E-state index contributed by atoms with van der Waals surface area (Å²) >= 11 is 0. The van der Waals surface area contributed by atoms with Gasteiger partial charge in [-0.05, 0) is 58.7 Å². The Morgan fingerprint density at radius 2 is 2.03 bits per heavy atom. The third-order valence-corrected chi connectivity index (χ3v) is 6.52. The van der Waals surface area contributed by atoms with Gasteiger partial charge in [-0.3, -0.25) is 9.48 Å². The minimum absolute atomic E-state index is 0.0890. The first-order valence-electron chi connectivity index (χ1n) is 10.4. The number of carbonyl (C=O) groups is 1. The SMILES string of the molecule is CCn1ccc(-c2cc(C(=O)NC3C[C@H]4CC[C@@H](C3)N4C)c3c(C)noc3n2)n1. The van der Waals surface area contributed by atoms with Gasteiger partial charge in [0, 0.05) is 30.9 Å². The van der Waals surface area contributed by atoms with E-state index in [0.717, 1.165) is 19.4 Å². The van der Waals surface area contributed by atoms with Crippen LogP contribution in [0.4, 0.5) is 0 Å². The second-order valence-electron chi connectivity index (χ2n) is 8.25. The largest absolute Gasteiger partial charge is 0.349 e. The van der Waals surface area contributed by atoms with Crippen molar-refractivity contribution in [1.29, 1.82) is 0 Å². The summed E-state index contributed by atoms with van der Waals surface area (Å²) in [6.07, 6.45) is 6.36. The van der Waals surface area contributed by atoms with E-state index in [9.17, 15) is 4.79 Å². The molecule has 3 aromatic heterocycles. The van der Waals surface area contributed by atoms with Gasteiger partial charge in [0.15, 0.2) is 0 Å². The summed E-state index contributed by atoms with van der Waals surface area (Å²) in [6.45, 7) is 4.64. The van der Waals surface area contributed by atoms with Crippen LogP contribution < -0.4 is 5.32 Å². The van der Waals surface area contributed by atoms with E-state index in [1.54, 1.807) is 0 Å². The Morgan fingerprint density at radius 1 is 1.28 bits per heavy atom. The van der Waals surface area contributed by atoms with Gasteiger partial charge in [-0.25, -0.2) is 4.98 Å². The van der Waals surface area contributed by atoms with Crippen LogP contribution >= 0.6 is 0 Å². The number of nitrogens with zero attached hydrogens (tertiary/aromatic N) is 5. The van der Waals surface area contributed by atoms with E-state index in [2.05, 4.69) is 32.5 Å². The number of pyridine rings is 1. The first-order valence-corrected chi connectivity index (χ1v) is 10.4. The molecular weight excluding hydrogens is 368 g/mol. The van der Waals surface area contributed by atoms with Gasteiger partial charge >= 0.3 is 0 Å². The number of nitrogens with one attached hydrogen (secondary N) is 1. The van der Waals surface area contributed by atoms with E-state index in [-0.39, 0.29) is 11.9 Å². The van der Waals surface area contributed by atoms with Gasteiger partial charge in [0.05, 0.1) is 22.3 Å². The number of hydrogen-bond donors (Lipinski definition) is 1. The summed E-state index contributed by atoms with van der Waals surface area (Å²) in [5.41, 5.74) is 2.94. The molecule has 0 saturated carbocycles. The lowest BCUT2D eigenvalue weighted by Crippen LogP contribution is -2.48. The number of fused-ring (bicyclic) bond motifs is 3. The molecule has 3 aromatic rings. The number of hydrogen-bond acceptors (Lipinski definition) is 6. The van der Waals surface area contributed by atoms with Crippen LogP contribution in [0.1, 0.15) is 48.7 Å². The van der Waals surface area contributed by atoms with Crippen LogP contribution in [0.3, 0.4) is 0 Å². The normalized spacial score (nSPS) is 24.3. The fourth-order valence-corrected chi connectivity index (χ4v) is 4.87. The highest BCUT2D eigenvalue weighted by Gasteiger charge is 2.39. The number of amides is 1. The summed E-state index contributed by atoms with van der Waals surface area (Å²) in [7, 11) is 2.20. The van der Waals surface area contributed by atoms with Gasteiger partial charge in [-0.1, -0.05) is 5.16 Å². The number of rotatable bonds is 4. The second-order valence-corrected chi connectivity index (χ2v) is 8.25. The van der Waals surface area contributed by atoms with Crippen molar-refractivity contribution in [2.24, 2.45) is 0 Å². The average Bonchev–Trinajstić information content (AvgIpc) is 3.38. The molecule has 2 bridgehead atoms. The summed E-state index contributed by atoms with van der Waals surface area (Å²) in [4.78, 5) is 20.3. The molecule has 2 saturated heterocycles. The molecule has 2 fully saturated rings. The quantitative estimate of drug-likeness (QED) is 0.732. The van der Waals surface area contributed by atoms with Gasteiger partial charge in [0.1, 0.15) is 5.69 Å². The molecule has 0 aromatic carbocycles. The molecular formula is C21H26N6O2. The molecule has 1 unspecified atom stereocenters. The van der Waals surface area contributed by atoms with Crippen LogP contribution in [0.15, 0.2) is 22.9 Å². The Morgan fingerprint density at radius 3 is 2.72 bits per heavy atom. The first-order chi connectivity index (χ1) is 14.0. The van der Waals surface area contributed by atoms with Crippen LogP contribution in [0.25, 0.3) is 22.5 Å². The minimum atomic E-state index is -0.0890. The van der Waals surface area contributed by atoms with Gasteiger partial charge < -0.3 is 14.7 Å². The van der Waals surface area contributed by atoms with Crippen LogP contribution in [-0.4, -0.2) is 55.9 Å². The number of carbonyl (C=O) groups excluding carboxylic acids is 1. The summed E-state index contributed by atoms with van der Waals surface area (Å²) in [5.74, 6) is -0.0890. The average molecular weight is 394 g/mol. The first kappa shape index (κ1) is 18.3. The second kappa shape index (κ2) is 6.95. The predicted octanol–water partition coefficient (Wildman–Crippen LogP) is 2.77. The highest BCUT2D eigenvalue weighted by atomic mass is 16.5. The Balaban J connectivity index is 1.48. The summed E-state index contributed by atoms with van der Waals surface area (Å²) in [5, 5.41) is 12.5. The maximum Gasteiger partial charge on any atom is 0.259 e. The molecule has 5 heterocycles. The smallest absolute Gasteiger partial charge is 0.259 e. The van der Waals surface area contributed by atoms with Crippen molar-refractivity contribution in [3.63, 3.8) is 0 Å². The van der Waals surface area contributed by atoms with Crippen LogP contribution in [0.2, 0.25) is 0 Å². The van der Waals surface area contributed by atoms with Gasteiger partial charge in [-0.15, -0.1) is 0 Å². The zero-order valence-electron chi connectivity index (χ0n) is 17.1. The molecule has 2 aliphatic heterocycles. The van der Waals surface area contributed by atoms with Crippen molar-refractivity contribution >= 4 is 17.0 Å². The van der Waals surface area contributed by atoms with Gasteiger partial charge in [-0.2, -0.15) is 5.10 Å². The highest BCUT2D eigenvalue weighted by molar-refractivity contribution is 6.07. The van der Waals surface area contributed by atoms with Crippen molar-refractivity contribution < 1.29 is 9.32 Å². The molecule has 5 rings (SSSR count). The maximum absolute atomic E-state index is 13.3. The zero-order chi connectivity index (χ0) is 20.1. The van der Waals surface area contributed by atoms with Gasteiger partial charge in [0.2, 0.25) is 0 Å². The molecule has 3 atom stereocenters. The van der Waals surface area contributed by atoms with E-state index >= 15 is 0 Å². The molecule has 8 nitrogen and oxygen atoms in total. The maximum atomic E-state index is 13.3. The molecule has 0 radical (unpaired) electrons. The Labute approximate surface area is 169 Å². The predicted molar refractivity (Wildman–Crippen MR) is 108 cm³/mol. The lowest BCUT2D eigenvalue weighted by Gasteiger charge is -2.36. The summed E-state index contributed by atoms with van der Waals surface area (Å²) < 4.78 is 7.23. The molecule has 0 aliphatic carbocycles. The molecule has 29 heavy (non-hydrogen) atoms. The monoisotopic (exact) mass is 394 g/mol. The molecule has 8 heteroatoms. The lowest BCUT2D eigenvalue weighted by atomic mass is 9.97. The van der Waals surface area contributed by atoms with Crippen molar-refractivity contribution in [2.45, 2.75) is 64.2 Å². The molecule has 152 valence electrons. The fourth-order valence-electron chi connectivity index (χ4n) is 4.87. The minimum Gasteiger partial charge on any atom is -0.349 e. The molecule has 1 N–H and O–H groups in total. The third-order valence-electron chi connectivity index (χ3n) is 6.52. The van der Waals surface area contributed by atoms with Crippen LogP contribution in [0, 0.1) is 6.92 Å². The topological polar surface area (TPSA) is 89.1 Å². The fraction of sp³-hybridized carbons (Fsp3) is 0.524. The zero-order valence-corrected chi connectivity index (χ0v) is 17.1. The Hall–Kier alpha value is -2.74. The van der Waals surface area contributed by atoms with E-state index < -0.39 is 0 Å². The standard InChI is InChI=1S/C21H26N6O2/c1-4-27-8-7-17(24-27)18-11-16(19-12(2)25-29-21(19)23-18)20(28)22-13-9-14-5-6-15(10-13)26(14)3/h7-8,11,13-15H,4-6,9-10H2,1-3H3,(H,22,28)/t13?,14-,15+. The number of aromatic nitrogens is 4. The number of aryl methyl sites for hydroxylation is 2. The third kappa shape index (κ3) is 3.11. The number of piperidine rings is 1. The van der Waals surface area contributed by atoms with Crippen molar-refractivity contribution in [3.8, 4) is 11.4 Å². The van der Waals surface area contributed by atoms with Crippen molar-refractivity contribution in [2.75, 3.05) is 7.05 Å². The highest BCUT2D eigenvalue weighted by Crippen LogP contribution is 2.34. The molecule has 0 spiro atoms. The lowest BCUT2D eigenvalue weighted by molar-refractivity contribution is 0.0884. The van der Waals surface area contributed by atoms with E-state index in [4.69, 9.17) is 4.52 Å². The van der Waals surface area contributed by atoms with E-state index in [1.807, 2.05) is 36.9 Å². The van der Waals surface area contributed by atoms with Crippen LogP contribution in [-0.2, 0) is 6.54 Å². The van der Waals surface area contributed by atoms with Crippen LogP contribution in [0.5, 0.6) is 0 Å². The Kier molecular flexibility index (Phi) is 4.38. The molecule has 2 aliphatic rings. The summed E-state index contributed by atoms with van der Waals surface area (Å²) in [6, 6.07) is 5.05. The van der Waals surface area contributed by atoms with E-state index in [1.165, 1.54) is 12.8 Å². The van der Waals surface area contributed by atoms with Crippen molar-refractivity contribution in [3.05, 3.63) is 29.6 Å². The van der Waals surface area contributed by atoms with Gasteiger partial charge in [0.25, 0.3) is 11.6 Å². The molecule has 1 amide bonds.